The summed E-state index contributed by atoms with van der Waals surface area (Å²) in [6, 6.07) is 9.52. The van der Waals surface area contributed by atoms with E-state index in [1.165, 1.54) is 0 Å². The molecule has 0 amide bonds. The van der Waals surface area contributed by atoms with E-state index in [4.69, 9.17) is 9.47 Å². The number of esters is 1. The zero-order chi connectivity index (χ0) is 12.1. The normalized spacial score (nSPS) is 24.3. The van der Waals surface area contributed by atoms with E-state index < -0.39 is 12.2 Å². The Hall–Kier alpha value is -1.39. The third-order valence-electron chi connectivity index (χ3n) is 2.74. The lowest BCUT2D eigenvalue weighted by Crippen LogP contribution is -2.35. The molecule has 0 spiro atoms. The minimum absolute atomic E-state index is 0.213. The molecule has 0 aromatic heterocycles. The van der Waals surface area contributed by atoms with E-state index in [-0.39, 0.29) is 19.2 Å². The van der Waals surface area contributed by atoms with Crippen molar-refractivity contribution in [2.24, 2.45) is 0 Å². The Balaban J connectivity index is 1.78. The van der Waals surface area contributed by atoms with Crippen LogP contribution >= 0.6 is 0 Å². The summed E-state index contributed by atoms with van der Waals surface area (Å²) in [6.07, 6.45) is 0.134. The van der Waals surface area contributed by atoms with Gasteiger partial charge in [0.2, 0.25) is 0 Å². The van der Waals surface area contributed by atoms with Gasteiger partial charge in [0.05, 0.1) is 12.7 Å². The van der Waals surface area contributed by atoms with Crippen LogP contribution in [0, 0.1) is 0 Å². The quantitative estimate of drug-likeness (QED) is 0.803. The molecule has 0 radical (unpaired) electrons. The van der Waals surface area contributed by atoms with Crippen LogP contribution in [0.5, 0.6) is 0 Å². The summed E-state index contributed by atoms with van der Waals surface area (Å²) in [7, 11) is 0. The van der Waals surface area contributed by atoms with Crippen molar-refractivity contribution in [3.8, 4) is 0 Å². The standard InChI is InChI=1S/C13H16O4/c14-11-6-7-12(16-9-11)13(15)17-8-10-4-2-1-3-5-10/h1-5,11-12,14H,6-9H2/t11-,12+/m0/s1. The van der Waals surface area contributed by atoms with E-state index in [1.54, 1.807) is 0 Å². The molecule has 2 rings (SSSR count). The van der Waals surface area contributed by atoms with Crippen LogP contribution in [0.15, 0.2) is 30.3 Å². The van der Waals surface area contributed by atoms with Gasteiger partial charge in [0, 0.05) is 0 Å². The number of benzene rings is 1. The van der Waals surface area contributed by atoms with Crippen LogP contribution < -0.4 is 0 Å². The van der Waals surface area contributed by atoms with Crippen molar-refractivity contribution in [2.45, 2.75) is 31.7 Å². The van der Waals surface area contributed by atoms with Gasteiger partial charge in [0.15, 0.2) is 6.10 Å². The Bertz CT molecular complexity index is 355. The molecule has 1 aliphatic heterocycles. The van der Waals surface area contributed by atoms with E-state index >= 15 is 0 Å². The molecule has 4 nitrogen and oxygen atoms in total. The number of hydrogen-bond acceptors (Lipinski definition) is 4. The fourth-order valence-corrected chi connectivity index (χ4v) is 1.75. The molecule has 92 valence electrons. The Labute approximate surface area is 100 Å². The monoisotopic (exact) mass is 236 g/mol. The third kappa shape index (κ3) is 3.54. The van der Waals surface area contributed by atoms with Gasteiger partial charge in [-0.25, -0.2) is 4.79 Å². The first-order chi connectivity index (χ1) is 8.25. The van der Waals surface area contributed by atoms with Gasteiger partial charge in [0.25, 0.3) is 0 Å². The summed E-state index contributed by atoms with van der Waals surface area (Å²) in [5.74, 6) is -0.347. The minimum atomic E-state index is -0.526. The average Bonchev–Trinajstić information content (AvgIpc) is 2.38. The fraction of sp³-hybridized carbons (Fsp3) is 0.462. The summed E-state index contributed by atoms with van der Waals surface area (Å²) < 4.78 is 10.4. The summed E-state index contributed by atoms with van der Waals surface area (Å²) >= 11 is 0. The maximum Gasteiger partial charge on any atom is 0.335 e. The number of carbonyl (C=O) groups excluding carboxylic acids is 1. The van der Waals surface area contributed by atoms with Crippen LogP contribution in [0.1, 0.15) is 18.4 Å². The lowest BCUT2D eigenvalue weighted by molar-refractivity contribution is -0.165. The second-order valence-corrected chi connectivity index (χ2v) is 4.15. The predicted molar refractivity (Wildman–Crippen MR) is 61.2 cm³/mol. The van der Waals surface area contributed by atoms with Crippen molar-refractivity contribution in [1.29, 1.82) is 0 Å². The van der Waals surface area contributed by atoms with E-state index in [0.29, 0.717) is 12.8 Å². The fourth-order valence-electron chi connectivity index (χ4n) is 1.75. The van der Waals surface area contributed by atoms with Gasteiger partial charge in [-0.2, -0.15) is 0 Å². The smallest absolute Gasteiger partial charge is 0.335 e. The molecule has 1 aromatic rings. The molecule has 1 fully saturated rings. The van der Waals surface area contributed by atoms with E-state index in [0.717, 1.165) is 5.56 Å². The van der Waals surface area contributed by atoms with E-state index in [2.05, 4.69) is 0 Å². The van der Waals surface area contributed by atoms with Crippen LogP contribution in [0.2, 0.25) is 0 Å². The molecule has 1 N–H and O–H groups in total. The first-order valence-corrected chi connectivity index (χ1v) is 5.76. The molecule has 1 saturated heterocycles. The molecule has 1 heterocycles. The Kier molecular flexibility index (Phi) is 4.12. The van der Waals surface area contributed by atoms with Crippen molar-refractivity contribution in [2.75, 3.05) is 6.61 Å². The van der Waals surface area contributed by atoms with Gasteiger partial charge in [-0.05, 0) is 18.4 Å². The van der Waals surface area contributed by atoms with Crippen molar-refractivity contribution in [1.82, 2.24) is 0 Å². The lowest BCUT2D eigenvalue weighted by Gasteiger charge is -2.24. The SMILES string of the molecule is O=C(OCc1ccccc1)[C@H]1CC[C@H](O)CO1. The van der Waals surface area contributed by atoms with Crippen LogP contribution in [-0.2, 0) is 20.9 Å². The number of aliphatic hydroxyl groups is 1. The summed E-state index contributed by atoms with van der Waals surface area (Å²) in [5.41, 5.74) is 0.955. The summed E-state index contributed by atoms with van der Waals surface area (Å²) in [4.78, 5) is 11.6. The van der Waals surface area contributed by atoms with Gasteiger partial charge >= 0.3 is 5.97 Å². The van der Waals surface area contributed by atoms with Crippen LogP contribution in [0.4, 0.5) is 0 Å². The van der Waals surface area contributed by atoms with Crippen LogP contribution in [-0.4, -0.2) is 29.9 Å². The first kappa shape index (κ1) is 12.1. The van der Waals surface area contributed by atoms with Crippen molar-refractivity contribution in [3.05, 3.63) is 35.9 Å². The van der Waals surface area contributed by atoms with Gasteiger partial charge in [-0.1, -0.05) is 30.3 Å². The summed E-state index contributed by atoms with van der Waals surface area (Å²) in [5, 5.41) is 9.24. The van der Waals surface area contributed by atoms with Crippen LogP contribution in [0.3, 0.4) is 0 Å². The predicted octanol–water partition coefficient (Wildman–Crippen LogP) is 1.27. The average molecular weight is 236 g/mol. The highest BCUT2D eigenvalue weighted by molar-refractivity contribution is 5.74. The molecule has 0 saturated carbocycles. The Morgan fingerprint density at radius 1 is 1.35 bits per heavy atom. The highest BCUT2D eigenvalue weighted by Crippen LogP contribution is 2.15. The molecular formula is C13H16O4. The molecule has 0 aliphatic carbocycles. The molecular weight excluding hydrogens is 220 g/mol. The molecule has 1 aromatic carbocycles. The van der Waals surface area contributed by atoms with E-state index in [1.807, 2.05) is 30.3 Å². The van der Waals surface area contributed by atoms with Crippen molar-refractivity contribution in [3.63, 3.8) is 0 Å². The van der Waals surface area contributed by atoms with Crippen LogP contribution in [0.25, 0.3) is 0 Å². The van der Waals surface area contributed by atoms with Gasteiger partial charge in [-0.15, -0.1) is 0 Å². The zero-order valence-corrected chi connectivity index (χ0v) is 9.54. The molecule has 4 heteroatoms. The number of aliphatic hydroxyl groups excluding tert-OH is 1. The maximum atomic E-state index is 11.6. The number of ether oxygens (including phenoxy) is 2. The van der Waals surface area contributed by atoms with Gasteiger partial charge < -0.3 is 14.6 Å². The molecule has 2 atom stereocenters. The molecule has 0 bridgehead atoms. The highest BCUT2D eigenvalue weighted by atomic mass is 16.6. The van der Waals surface area contributed by atoms with Crippen molar-refractivity contribution >= 4 is 5.97 Å². The summed E-state index contributed by atoms with van der Waals surface area (Å²) in [6.45, 7) is 0.479. The largest absolute Gasteiger partial charge is 0.459 e. The Morgan fingerprint density at radius 3 is 2.76 bits per heavy atom. The first-order valence-electron chi connectivity index (χ1n) is 5.76. The Morgan fingerprint density at radius 2 is 2.12 bits per heavy atom. The highest BCUT2D eigenvalue weighted by Gasteiger charge is 2.27. The van der Waals surface area contributed by atoms with E-state index in [9.17, 15) is 9.90 Å². The molecule has 17 heavy (non-hydrogen) atoms. The topological polar surface area (TPSA) is 55.8 Å². The minimum Gasteiger partial charge on any atom is -0.459 e. The third-order valence-corrected chi connectivity index (χ3v) is 2.74. The second-order valence-electron chi connectivity index (χ2n) is 4.15. The van der Waals surface area contributed by atoms with Gasteiger partial charge in [-0.3, -0.25) is 0 Å². The second kappa shape index (κ2) is 5.80. The van der Waals surface area contributed by atoms with Crippen molar-refractivity contribution < 1.29 is 19.4 Å². The molecule has 1 aliphatic rings. The number of hydrogen-bond donors (Lipinski definition) is 1. The number of rotatable bonds is 3. The molecule has 0 unspecified atom stereocenters. The maximum absolute atomic E-state index is 11.6. The zero-order valence-electron chi connectivity index (χ0n) is 9.54. The lowest BCUT2D eigenvalue weighted by atomic mass is 10.1. The number of carbonyl (C=O) groups is 1. The van der Waals surface area contributed by atoms with Gasteiger partial charge in [0.1, 0.15) is 6.61 Å².